The number of β-amino-alcohol motifs (C(OH)–C–C–N with tert-alkyl or cyclic N) is 1. The third-order valence-electron chi connectivity index (χ3n) is 26.3. The molecule has 8 atom stereocenters. The molecule has 4 fully saturated rings. The minimum Gasteiger partial charge on any atom is -0.493 e. The van der Waals surface area contributed by atoms with Gasteiger partial charge in [0.05, 0.1) is 107 Å². The first kappa shape index (κ1) is 101. The van der Waals surface area contributed by atoms with Crippen LogP contribution in [0.25, 0.3) is 44.3 Å². The number of Topliss-reactive ketones (excluding diaryl/α,β-unsaturated/α-hetero) is 1. The van der Waals surface area contributed by atoms with Crippen LogP contribution in [0.4, 0.5) is 0 Å². The second kappa shape index (κ2) is 45.7. The summed E-state index contributed by atoms with van der Waals surface area (Å²) in [4.78, 5) is 123. The van der Waals surface area contributed by atoms with Gasteiger partial charge in [0.2, 0.25) is 23.6 Å². The fraction of sp³-hybridized carbons (Fsp3) is 0.402. The fourth-order valence-electron chi connectivity index (χ4n) is 19.3. The minimum absolute atomic E-state index is 0.0299. The van der Waals surface area contributed by atoms with Crippen LogP contribution in [0.2, 0.25) is 10.0 Å². The Morgan fingerprint density at radius 3 is 1.81 bits per heavy atom. The van der Waals surface area contributed by atoms with Crippen molar-refractivity contribution in [1.29, 1.82) is 10.5 Å². The Morgan fingerprint density at radius 2 is 1.24 bits per heavy atom. The van der Waals surface area contributed by atoms with E-state index in [-0.39, 0.29) is 118 Å². The Hall–Kier alpha value is -13.4. The van der Waals surface area contributed by atoms with Crippen molar-refractivity contribution < 1.29 is 71.6 Å². The highest BCUT2D eigenvalue weighted by Crippen LogP contribution is 2.61. The first-order valence-corrected chi connectivity index (χ1v) is 49.1. The molecule has 2 saturated heterocycles. The van der Waals surface area contributed by atoms with Crippen molar-refractivity contribution in [1.82, 2.24) is 65.5 Å². The van der Waals surface area contributed by atoms with Gasteiger partial charge in [-0.3, -0.25) is 47.7 Å². The number of likely N-dealkylation sites (tertiary alicyclic amines) is 2. The van der Waals surface area contributed by atoms with Gasteiger partial charge in [-0.15, -0.1) is 11.3 Å². The first-order valence-electron chi connectivity index (χ1n) is 47.4. The molecule has 4 aromatic heterocycles. The number of nitrogens with zero attached hydrogens (tertiary/aromatic N) is 11. The molecule has 0 radical (unpaired) electrons. The molecule has 5 aliphatic rings. The second-order valence-corrected chi connectivity index (χ2v) is 40.3. The van der Waals surface area contributed by atoms with E-state index >= 15 is 0 Å². The molecule has 730 valence electrons. The number of thiazole rings is 1. The maximum atomic E-state index is 14.4. The van der Waals surface area contributed by atoms with Crippen LogP contribution in [0, 0.1) is 64.1 Å². The van der Waals surface area contributed by atoms with Gasteiger partial charge in [0, 0.05) is 102 Å². The minimum atomic E-state index is -0.913. The lowest BCUT2D eigenvalue weighted by Gasteiger charge is -2.57. The molecule has 11 aromatic rings. The molecule has 3 aliphatic heterocycles. The zero-order chi connectivity index (χ0) is 99.1. The summed E-state index contributed by atoms with van der Waals surface area (Å²) >= 11 is 13.9. The van der Waals surface area contributed by atoms with Gasteiger partial charge in [0.1, 0.15) is 67.3 Å². The maximum absolute atomic E-state index is 14.4. The largest absolute Gasteiger partial charge is 0.493 e. The number of aliphatic hydroxyl groups excluding tert-OH is 1. The lowest BCUT2D eigenvalue weighted by Crippen LogP contribution is -2.57. The summed E-state index contributed by atoms with van der Waals surface area (Å²) < 4.78 is 38.9. The number of fused-ring (bicyclic) bond motifs is 1. The van der Waals surface area contributed by atoms with Crippen LogP contribution < -0.4 is 35.5 Å². The number of ketones is 1. The highest BCUT2D eigenvalue weighted by Gasteiger charge is 2.53. The number of carbonyl (C=O) groups is 8. The molecule has 0 unspecified atom stereocenters. The lowest BCUT2D eigenvalue weighted by atomic mass is 9.48. The molecule has 7 amide bonds. The number of nitrogens with one attached hydrogen (secondary N) is 4. The average molecular weight is 1960 g/mol. The topological polar surface area (TPSA) is 383 Å². The summed E-state index contributed by atoms with van der Waals surface area (Å²) in [7, 11) is 0. The molecular formula is C107H117Cl2N15O15S. The standard InChI is InChI=1S/C54H57ClN8O7S.C53H60ClN7O8/c1-33(2)49(63-31-42-8-6-7-9-44(42)53(63)66)54(67)62-29-34(3)24-47(62)52(65)57-28-41-13-11-39(50-36(5)58-32-71-50)26-48(41)70-23-21-68-20-22-69-43-16-14-37(15-17-43)51(64)59-35(4)30-61-19-18-46(60-61)38-10-12-40(27-56)45(55)25-38;1-33(27-60-18-17-44(59-60)39-10-11-40(25-55)43(54)19-39)57-50(65)38-12-14-42(15-13-38)68-30-36-23-53(24-36)21-35(22-53)29-67-31-48(64)58-49(52(2,3)4)51(66)61-28-41(62)20-45(61)46(63)16-7-34-5-8-37(9-6-34)47-26-56-32-69-47/h6-19,25-26,32-35,47,49H,20-24,28-31H2,1-5H3,(H,57,65)(H,59,64);5-6,8-15,17-19,26,32-33,35-36,41,45,49,62H,7,16,20-24,27-31H2,1-4H3,(H,57,65)(H,58,64)/t34-,35+,47+,49+;33-,35?,36?,41+,45-,49+,53?/m10/s1. The van der Waals surface area contributed by atoms with Crippen LogP contribution >= 0.6 is 34.5 Å². The Bertz CT molecular complexity index is 6330. The van der Waals surface area contributed by atoms with Crippen molar-refractivity contribution in [2.24, 2.45) is 34.5 Å². The number of hydrogen-bond donors (Lipinski definition) is 5. The zero-order valence-electron chi connectivity index (χ0n) is 79.9. The lowest BCUT2D eigenvalue weighted by molar-refractivity contribution is -0.144. The number of aromatic nitrogens is 6. The molecular weight excluding hydrogens is 1840 g/mol. The Morgan fingerprint density at radius 1 is 0.650 bits per heavy atom. The number of amides is 7. The van der Waals surface area contributed by atoms with E-state index in [1.165, 1.54) is 22.6 Å². The molecule has 7 heterocycles. The summed E-state index contributed by atoms with van der Waals surface area (Å²) in [6.07, 6.45) is 11.4. The van der Waals surface area contributed by atoms with Crippen molar-refractivity contribution in [3.05, 3.63) is 255 Å². The average Bonchev–Trinajstić information content (AvgIpc) is 0.850. The molecule has 140 heavy (non-hydrogen) atoms. The molecule has 16 rings (SSSR count). The fourth-order valence-corrected chi connectivity index (χ4v) is 20.5. The third-order valence-corrected chi connectivity index (χ3v) is 27.9. The van der Waals surface area contributed by atoms with Crippen LogP contribution in [0.5, 0.6) is 17.2 Å². The van der Waals surface area contributed by atoms with E-state index in [0.717, 1.165) is 80.9 Å². The summed E-state index contributed by atoms with van der Waals surface area (Å²) in [6.45, 7) is 21.2. The van der Waals surface area contributed by atoms with Crippen LogP contribution in [-0.4, -0.2) is 198 Å². The van der Waals surface area contributed by atoms with E-state index in [4.69, 9.17) is 61.8 Å². The first-order chi connectivity index (χ1) is 67.3. The number of aryl methyl sites for hydroxylation is 2. The summed E-state index contributed by atoms with van der Waals surface area (Å²) in [6, 6.07) is 49.8. The van der Waals surface area contributed by atoms with Crippen molar-refractivity contribution in [3.63, 3.8) is 0 Å². The Balaban J connectivity index is 0.000000212. The molecule has 2 saturated carbocycles. The molecule has 0 bridgehead atoms. The number of oxazole rings is 1. The summed E-state index contributed by atoms with van der Waals surface area (Å²) in [5, 5.41) is 50.9. The molecule has 5 N–H and O–H groups in total. The number of rotatable bonds is 39. The number of halogens is 2. The van der Waals surface area contributed by atoms with Gasteiger partial charge < -0.3 is 69.2 Å². The van der Waals surface area contributed by atoms with Gasteiger partial charge in [-0.1, -0.05) is 131 Å². The van der Waals surface area contributed by atoms with Crippen LogP contribution in [0.15, 0.2) is 199 Å². The molecule has 33 heteroatoms. The highest BCUT2D eigenvalue weighted by atomic mass is 35.5. The van der Waals surface area contributed by atoms with Gasteiger partial charge in [0.15, 0.2) is 17.9 Å². The number of nitriles is 2. The van der Waals surface area contributed by atoms with Crippen LogP contribution in [0.3, 0.4) is 0 Å². The number of carbonyl (C=O) groups excluding carboxylic acids is 8. The van der Waals surface area contributed by atoms with Crippen molar-refractivity contribution in [2.75, 3.05) is 59.3 Å². The summed E-state index contributed by atoms with van der Waals surface area (Å²) in [5.74, 6) is 1.36. The van der Waals surface area contributed by atoms with Gasteiger partial charge in [0.25, 0.3) is 17.7 Å². The van der Waals surface area contributed by atoms with Crippen LogP contribution in [0.1, 0.15) is 165 Å². The quantitative estimate of drug-likeness (QED) is 0.0223. The normalized spacial score (nSPS) is 18.9. The van der Waals surface area contributed by atoms with E-state index in [0.29, 0.717) is 143 Å². The van der Waals surface area contributed by atoms with E-state index in [9.17, 15) is 43.5 Å². The molecule has 1 spiro atoms. The van der Waals surface area contributed by atoms with E-state index in [1.807, 2.05) is 166 Å². The van der Waals surface area contributed by atoms with E-state index < -0.39 is 41.6 Å². The number of hydrogen-bond acceptors (Lipinski definition) is 22. The smallest absolute Gasteiger partial charge is 0.255 e. The van der Waals surface area contributed by atoms with Gasteiger partial charge in [-0.05, 0) is 208 Å². The predicted molar refractivity (Wildman–Crippen MR) is 529 cm³/mol. The second-order valence-electron chi connectivity index (χ2n) is 38.7. The number of aliphatic hydroxyl groups is 1. The predicted octanol–water partition coefficient (Wildman–Crippen LogP) is 15.8. The van der Waals surface area contributed by atoms with Gasteiger partial charge in [-0.2, -0.15) is 20.7 Å². The molecule has 7 aromatic carbocycles. The van der Waals surface area contributed by atoms with E-state index in [2.05, 4.69) is 53.6 Å². The van der Waals surface area contributed by atoms with Crippen molar-refractivity contribution in [3.8, 4) is 73.7 Å². The Kier molecular flexibility index (Phi) is 33.0. The monoisotopic (exact) mass is 1950 g/mol. The number of ether oxygens (including phenoxy) is 5. The van der Waals surface area contributed by atoms with E-state index in [1.54, 1.807) is 104 Å². The van der Waals surface area contributed by atoms with Crippen molar-refractivity contribution in [2.45, 2.75) is 182 Å². The molecule has 30 nitrogen and oxygen atoms in total. The third kappa shape index (κ3) is 25.2. The van der Waals surface area contributed by atoms with Gasteiger partial charge >= 0.3 is 0 Å². The Labute approximate surface area is 828 Å². The zero-order valence-corrected chi connectivity index (χ0v) is 82.2. The van der Waals surface area contributed by atoms with Crippen molar-refractivity contribution >= 4 is 81.7 Å². The summed E-state index contributed by atoms with van der Waals surface area (Å²) in [5.41, 5.74) is 12.3. The number of benzene rings is 7. The highest BCUT2D eigenvalue weighted by molar-refractivity contribution is 7.13. The molecule has 2 aliphatic carbocycles. The SMILES string of the molecule is C[C@@H](Cn1ccc(-c2ccc(C#N)c(Cl)c2)n1)NC(=O)c1ccc(OCC2CC3(CC(COCC(=O)N[C@H](C(=O)N4C[C@H](O)C[C@H]4C(=O)CCc4ccc(-c5cnco5)cc4)C(C)(C)C)C3)C2)cc1.Cc1ncsc1-c1ccc(CNC(=O)[C@@H]2C[C@@H](C)CN2C(=O)[C@H](C(C)C)N2Cc3ccccc3C2=O)c(OCCOCCOc2ccc(C(=O)N[C@@H](C)Cn3ccc(-c4ccc(C#N)c(Cl)c4)n3)cc2)c1. The van der Waals surface area contributed by atoms with Gasteiger partial charge in [-0.25, -0.2) is 9.97 Å². The van der Waals surface area contributed by atoms with Crippen LogP contribution in [-0.2, 0) is 66.0 Å². The maximum Gasteiger partial charge on any atom is 0.255 e.